The van der Waals surface area contributed by atoms with Crippen molar-refractivity contribution in [2.45, 2.75) is 185 Å². The number of ether oxygens (including phenoxy) is 1. The number of carboxylic acids is 2. The van der Waals surface area contributed by atoms with Gasteiger partial charge in [-0.2, -0.15) is 0 Å². The molecule has 19 N–H and O–H groups in total. The van der Waals surface area contributed by atoms with Crippen molar-refractivity contribution in [2.24, 2.45) is 39.8 Å². The fourth-order valence-electron chi connectivity index (χ4n) is 11.6. The van der Waals surface area contributed by atoms with Crippen LogP contribution in [0.2, 0.25) is 0 Å². The fourth-order valence-corrected chi connectivity index (χ4v) is 11.6. The summed E-state index contributed by atoms with van der Waals surface area (Å²) in [6, 6.07) is 11.9. The minimum absolute atomic E-state index is 0.000444. The van der Waals surface area contributed by atoms with Crippen molar-refractivity contribution in [3.8, 4) is 5.75 Å². The Labute approximate surface area is 586 Å². The number of benzene rings is 3. The maximum absolute atomic E-state index is 14.5. The zero-order valence-corrected chi connectivity index (χ0v) is 57.8. The number of aromatic amines is 1. The first-order valence-electron chi connectivity index (χ1n) is 33.7. The molecule has 2 aliphatic heterocycles. The number of hydrogen-bond donors (Lipinski definition) is 15. The Morgan fingerprint density at radius 1 is 0.614 bits per heavy atom. The van der Waals surface area contributed by atoms with E-state index in [0.29, 0.717) is 55.5 Å². The summed E-state index contributed by atoms with van der Waals surface area (Å²) < 4.78 is 5.14. The molecule has 0 aliphatic carbocycles. The largest absolute Gasteiger partial charge is 0.508 e. The monoisotopic (exact) mass is 1410 g/mol. The van der Waals surface area contributed by atoms with E-state index in [2.05, 4.69) is 52.2 Å². The highest BCUT2D eigenvalue weighted by Crippen LogP contribution is 2.23. The molecule has 32 nitrogen and oxygen atoms in total. The molecule has 3 aromatic carbocycles. The van der Waals surface area contributed by atoms with Gasteiger partial charge < -0.3 is 89.7 Å². The number of hydrogen-bond acceptors (Lipinski definition) is 18. The molecule has 1 aromatic heterocycles. The van der Waals surface area contributed by atoms with Crippen LogP contribution in [-0.4, -0.2) is 205 Å². The van der Waals surface area contributed by atoms with Crippen molar-refractivity contribution in [3.63, 3.8) is 0 Å². The van der Waals surface area contributed by atoms with Gasteiger partial charge >= 0.3 is 17.9 Å². The molecule has 11 atom stereocenters. The highest BCUT2D eigenvalue weighted by atomic mass is 16.5. The van der Waals surface area contributed by atoms with Crippen molar-refractivity contribution >= 4 is 77.0 Å². The first-order valence-corrected chi connectivity index (χ1v) is 33.7. The average molecular weight is 1410 g/mol. The van der Waals surface area contributed by atoms with Gasteiger partial charge in [0, 0.05) is 50.8 Å². The molecule has 0 saturated carbocycles. The molecule has 2 saturated heterocycles. The van der Waals surface area contributed by atoms with E-state index in [1.807, 2.05) is 30.3 Å². The number of aromatic hydroxyl groups is 1. The lowest BCUT2D eigenvalue weighted by atomic mass is 9.98. The molecular formula is C69H98N16O16. The molecule has 9 amide bonds. The van der Waals surface area contributed by atoms with Gasteiger partial charge in [-0.3, -0.25) is 58.3 Å². The molecule has 0 radical (unpaired) electrons. The number of nitrogens with two attached hydrogens (primary N) is 4. The van der Waals surface area contributed by atoms with Crippen LogP contribution in [0.1, 0.15) is 115 Å². The second-order valence-corrected chi connectivity index (χ2v) is 25.5. The number of aliphatic carboxylic acids is 2. The molecule has 550 valence electrons. The van der Waals surface area contributed by atoms with E-state index in [-0.39, 0.29) is 75.8 Å². The number of carbonyl (C=O) groups excluding carboxylic acids is 10. The van der Waals surface area contributed by atoms with Gasteiger partial charge in [-0.25, -0.2) is 14.6 Å². The number of primary amides is 1. The Bertz CT molecular complexity index is 3450. The van der Waals surface area contributed by atoms with Gasteiger partial charge in [0.2, 0.25) is 53.2 Å². The van der Waals surface area contributed by atoms with E-state index in [1.165, 1.54) is 46.6 Å². The maximum Gasteiger partial charge on any atom is 0.326 e. The number of nitrogens with zero attached hydrogens (tertiary/aromatic N) is 4. The van der Waals surface area contributed by atoms with Gasteiger partial charge in [0.25, 0.3) is 0 Å². The van der Waals surface area contributed by atoms with Crippen LogP contribution >= 0.6 is 0 Å². The number of imidazole rings is 1. The summed E-state index contributed by atoms with van der Waals surface area (Å²) in [5, 5.41) is 48.2. The van der Waals surface area contributed by atoms with Crippen LogP contribution in [0, 0.1) is 11.8 Å². The molecule has 3 heterocycles. The highest BCUT2D eigenvalue weighted by molar-refractivity contribution is 5.98. The number of aromatic nitrogens is 2. The van der Waals surface area contributed by atoms with Crippen molar-refractivity contribution in [1.29, 1.82) is 0 Å². The number of phenolic OH excluding ortho intramolecular Hbond substituents is 1. The van der Waals surface area contributed by atoms with Crippen LogP contribution in [-0.2, 0) is 88.0 Å². The molecule has 0 bridgehead atoms. The lowest BCUT2D eigenvalue weighted by Gasteiger charge is -2.31. The van der Waals surface area contributed by atoms with Crippen LogP contribution in [0.15, 0.2) is 102 Å². The molecule has 0 spiro atoms. The second kappa shape index (κ2) is 40.5. The summed E-state index contributed by atoms with van der Waals surface area (Å²) in [6.07, 6.45) is 5.15. The standard InChI is InChI=1S/C49H70N14O11.C20H28N2O5/c1-26(2)39(61-42(67)33(12-8-18-55-49(52)53)57-41(66)32(50)23-38(51)65)45(70)58-34(20-29-14-16-31(64)17-15-29)43(68)62-40(27(3)4)46(71)59-35(22-30-24-54-25-56-30)47(72)63-19-9-13-37(63)44(69)60-36(48(73)74)21-28-10-6-5-7-11-28;1-3-27-20(26)16(12-11-15-8-5-4-6-9-15)21-14(2)18(23)22-13-7-10-17(22)19(24)25/h5-7,10-11,14-17,24-27,32-37,39-40,64H,8-9,12-13,18-23,50H2,1-4H3,(H2,51,65)(H,54,56)(H,57,66)(H,58,70)(H,59,71)(H,60,69)(H,61,67)(H,62,68)(H,73,74)(H4,52,53,55);4-6,8-9,14,16-17,21H,3,7,10-13H2,1-2H3,(H,24,25)/t32-,33-,34-,35-,36-,37-,39-,40-;14-,16-,17-/m00/s1. The van der Waals surface area contributed by atoms with Gasteiger partial charge in [-0.15, -0.1) is 0 Å². The van der Waals surface area contributed by atoms with E-state index in [1.54, 1.807) is 71.9 Å². The Kier molecular flexibility index (Phi) is 32.6. The maximum atomic E-state index is 14.5. The van der Waals surface area contributed by atoms with Crippen molar-refractivity contribution < 1.29 is 77.6 Å². The number of H-pyrrole nitrogens is 1. The highest BCUT2D eigenvalue weighted by Gasteiger charge is 2.42. The summed E-state index contributed by atoms with van der Waals surface area (Å²) in [7, 11) is 0. The molecule has 4 aromatic rings. The van der Waals surface area contributed by atoms with Crippen molar-refractivity contribution in [1.82, 2.24) is 57.0 Å². The second-order valence-electron chi connectivity index (χ2n) is 25.5. The molecule has 2 fully saturated rings. The Balaban J connectivity index is 0.000000565. The topological polar surface area (TPSA) is 511 Å². The summed E-state index contributed by atoms with van der Waals surface area (Å²) >= 11 is 0. The number of nitrogens with one attached hydrogen (secondary N) is 8. The quantitative estimate of drug-likeness (QED) is 0.0115. The lowest BCUT2D eigenvalue weighted by molar-refractivity contribution is -0.150. The zero-order valence-electron chi connectivity index (χ0n) is 57.8. The molecule has 0 unspecified atom stereocenters. The number of phenols is 1. The number of carboxylic acid groups (broad SMARTS) is 2. The third kappa shape index (κ3) is 26.3. The van der Waals surface area contributed by atoms with Gasteiger partial charge in [0.1, 0.15) is 60.1 Å². The third-order valence-corrected chi connectivity index (χ3v) is 16.9. The molecule has 2 aliphatic rings. The number of carbonyl (C=O) groups is 12. The molecule has 32 heteroatoms. The average Bonchev–Trinajstić information content (AvgIpc) is 1.67. The zero-order chi connectivity index (χ0) is 74.5. The molecule has 6 rings (SSSR count). The fraction of sp³-hybridized carbons (Fsp3) is 0.507. The van der Waals surface area contributed by atoms with Crippen LogP contribution in [0.5, 0.6) is 5.75 Å². The van der Waals surface area contributed by atoms with Crippen LogP contribution in [0.3, 0.4) is 0 Å². The Morgan fingerprint density at radius 2 is 1.15 bits per heavy atom. The first kappa shape index (κ1) is 81.2. The van der Waals surface area contributed by atoms with E-state index in [9.17, 15) is 72.9 Å². The number of amides is 9. The Morgan fingerprint density at radius 3 is 1.68 bits per heavy atom. The first-order chi connectivity index (χ1) is 48.0. The number of aliphatic imine (C=N–C) groups is 1. The van der Waals surface area contributed by atoms with Gasteiger partial charge in [-0.05, 0) is 106 Å². The molecule has 101 heavy (non-hydrogen) atoms. The van der Waals surface area contributed by atoms with Crippen LogP contribution in [0.4, 0.5) is 0 Å². The lowest BCUT2D eigenvalue weighted by Crippen LogP contribution is -2.62. The number of likely N-dealkylation sites (tertiary alicyclic amines) is 2. The van der Waals surface area contributed by atoms with Gasteiger partial charge in [0.05, 0.1) is 31.4 Å². The predicted molar refractivity (Wildman–Crippen MR) is 370 cm³/mol. The van der Waals surface area contributed by atoms with Crippen molar-refractivity contribution in [2.75, 3.05) is 26.2 Å². The summed E-state index contributed by atoms with van der Waals surface area (Å²) in [6.45, 7) is 10.9. The minimum Gasteiger partial charge on any atom is -0.508 e. The van der Waals surface area contributed by atoms with Gasteiger partial charge in [0.15, 0.2) is 5.96 Å². The summed E-state index contributed by atoms with van der Waals surface area (Å²) in [5.74, 6) is -10.7. The Hall–Kier alpha value is -10.5. The van der Waals surface area contributed by atoms with Crippen LogP contribution in [0.25, 0.3) is 0 Å². The third-order valence-electron chi connectivity index (χ3n) is 16.9. The normalized spacial score (nSPS) is 16.8. The van der Waals surface area contributed by atoms with Gasteiger partial charge in [-0.1, -0.05) is 100 Å². The SMILES string of the molecule is CC(C)[C@H](NC(=O)[C@H](CCCN=C(N)N)NC(=O)[C@@H](N)CC(N)=O)C(=O)N[C@@H](Cc1ccc(O)cc1)C(=O)N[C@H](C(=O)N[C@@H](Cc1cnc[nH]1)C(=O)N1CCC[C@H]1C(=O)N[C@@H](Cc1ccccc1)C(=O)O)C(C)C.CCOC(=O)[C@H](CCc1ccccc1)N[C@@H](C)C(=O)N1CCC[C@H]1C(=O)O. The summed E-state index contributed by atoms with van der Waals surface area (Å²) in [5.41, 5.74) is 24.6. The van der Waals surface area contributed by atoms with E-state index in [0.717, 1.165) is 5.56 Å². The smallest absolute Gasteiger partial charge is 0.326 e. The number of aryl methyl sites for hydroxylation is 1. The van der Waals surface area contributed by atoms with E-state index in [4.69, 9.17) is 27.7 Å². The number of rotatable bonds is 37. The molecular weight excluding hydrogens is 1310 g/mol. The predicted octanol–water partition coefficient (Wildman–Crippen LogP) is -0.700. The van der Waals surface area contributed by atoms with E-state index >= 15 is 0 Å². The number of guanidine groups is 1. The number of esters is 1. The van der Waals surface area contributed by atoms with E-state index < -0.39 is 150 Å². The van der Waals surface area contributed by atoms with Crippen molar-refractivity contribution in [3.05, 3.63) is 120 Å². The summed E-state index contributed by atoms with van der Waals surface area (Å²) in [4.78, 5) is 172. The van der Waals surface area contributed by atoms with Crippen LogP contribution < -0.4 is 60.2 Å². The minimum atomic E-state index is -1.41.